The molecule has 0 spiro atoms. The van der Waals surface area contributed by atoms with E-state index >= 15 is 0 Å². The molecular formula is C14H22N4O3. The van der Waals surface area contributed by atoms with Crippen LogP contribution in [0, 0.1) is 5.41 Å². The Kier molecular flexibility index (Phi) is 4.20. The normalized spacial score (nSPS) is 17.6. The lowest BCUT2D eigenvalue weighted by Crippen LogP contribution is -2.46. The predicted molar refractivity (Wildman–Crippen MR) is 78.2 cm³/mol. The molecule has 0 saturated carbocycles. The van der Waals surface area contributed by atoms with E-state index in [4.69, 9.17) is 0 Å². The summed E-state index contributed by atoms with van der Waals surface area (Å²) in [6, 6.07) is -0.190. The molecule has 0 unspecified atom stereocenters. The number of carboxylic acid groups (broad SMARTS) is 1. The number of hydrogen-bond donors (Lipinski definition) is 2. The first-order chi connectivity index (χ1) is 9.85. The maximum Gasteiger partial charge on any atom is 0.321 e. The summed E-state index contributed by atoms with van der Waals surface area (Å²) in [7, 11) is 1.81. The summed E-state index contributed by atoms with van der Waals surface area (Å²) in [4.78, 5) is 25.1. The third-order valence-corrected chi connectivity index (χ3v) is 4.15. The molecule has 21 heavy (non-hydrogen) atoms. The molecule has 0 aliphatic carbocycles. The highest BCUT2D eigenvalue weighted by molar-refractivity contribution is 5.90. The van der Waals surface area contributed by atoms with Crippen molar-refractivity contribution < 1.29 is 14.7 Å². The second kappa shape index (κ2) is 5.75. The Morgan fingerprint density at radius 1 is 1.43 bits per heavy atom. The average molecular weight is 294 g/mol. The van der Waals surface area contributed by atoms with E-state index in [1.807, 2.05) is 14.0 Å². The molecule has 0 radical (unpaired) electrons. The van der Waals surface area contributed by atoms with Crippen LogP contribution in [0.3, 0.4) is 0 Å². The summed E-state index contributed by atoms with van der Waals surface area (Å²) in [5.74, 6) is -0.789. The van der Waals surface area contributed by atoms with Crippen LogP contribution < -0.4 is 5.32 Å². The van der Waals surface area contributed by atoms with Crippen molar-refractivity contribution in [3.63, 3.8) is 0 Å². The van der Waals surface area contributed by atoms with Crippen molar-refractivity contribution in [1.29, 1.82) is 0 Å². The number of hydrogen-bond acceptors (Lipinski definition) is 3. The van der Waals surface area contributed by atoms with Crippen LogP contribution in [0.25, 0.3) is 0 Å². The van der Waals surface area contributed by atoms with Crippen molar-refractivity contribution in [2.45, 2.75) is 33.1 Å². The number of rotatable bonds is 3. The third kappa shape index (κ3) is 3.17. The lowest BCUT2D eigenvalue weighted by molar-refractivity contribution is -0.150. The summed E-state index contributed by atoms with van der Waals surface area (Å²) >= 11 is 0. The van der Waals surface area contributed by atoms with Gasteiger partial charge < -0.3 is 15.3 Å². The van der Waals surface area contributed by atoms with E-state index in [2.05, 4.69) is 10.4 Å². The summed E-state index contributed by atoms with van der Waals surface area (Å²) in [6.45, 7) is 4.63. The molecule has 1 aliphatic heterocycles. The van der Waals surface area contributed by atoms with Gasteiger partial charge in [0.15, 0.2) is 0 Å². The molecule has 1 fully saturated rings. The minimum absolute atomic E-state index is 0.190. The quantitative estimate of drug-likeness (QED) is 0.888. The smallest absolute Gasteiger partial charge is 0.321 e. The summed E-state index contributed by atoms with van der Waals surface area (Å²) in [5, 5.41) is 16.3. The number of amides is 2. The van der Waals surface area contributed by atoms with Gasteiger partial charge in [-0.15, -0.1) is 0 Å². The lowest BCUT2D eigenvalue weighted by Gasteiger charge is -2.36. The number of aliphatic carboxylic acids is 1. The van der Waals surface area contributed by atoms with Gasteiger partial charge in [-0.1, -0.05) is 6.92 Å². The first-order valence-corrected chi connectivity index (χ1v) is 7.17. The lowest BCUT2D eigenvalue weighted by atomic mass is 9.80. The van der Waals surface area contributed by atoms with Crippen LogP contribution >= 0.6 is 0 Å². The van der Waals surface area contributed by atoms with Crippen molar-refractivity contribution in [2.24, 2.45) is 12.5 Å². The fourth-order valence-corrected chi connectivity index (χ4v) is 2.51. The highest BCUT2D eigenvalue weighted by atomic mass is 16.4. The van der Waals surface area contributed by atoms with Crippen molar-refractivity contribution in [3.8, 4) is 0 Å². The zero-order valence-electron chi connectivity index (χ0n) is 12.7. The largest absolute Gasteiger partial charge is 0.481 e. The number of anilines is 1. The number of nitrogens with one attached hydrogen (secondary N) is 1. The third-order valence-electron chi connectivity index (χ3n) is 4.15. The van der Waals surface area contributed by atoms with Crippen molar-refractivity contribution in [3.05, 3.63) is 11.9 Å². The van der Waals surface area contributed by atoms with Gasteiger partial charge in [0.2, 0.25) is 0 Å². The zero-order chi connectivity index (χ0) is 15.6. The van der Waals surface area contributed by atoms with E-state index in [1.165, 1.54) is 0 Å². The van der Waals surface area contributed by atoms with Crippen molar-refractivity contribution in [1.82, 2.24) is 14.7 Å². The zero-order valence-corrected chi connectivity index (χ0v) is 12.7. The van der Waals surface area contributed by atoms with Gasteiger partial charge in [-0.2, -0.15) is 5.10 Å². The maximum absolute atomic E-state index is 12.3. The number of carboxylic acids is 1. The SMILES string of the molecule is CCc1nn(C)cc1NC(=O)N1CCC(C)(C(=O)O)CC1. The van der Waals surface area contributed by atoms with Crippen molar-refractivity contribution >= 4 is 17.7 Å². The number of likely N-dealkylation sites (tertiary alicyclic amines) is 1. The van der Waals surface area contributed by atoms with Gasteiger partial charge in [-0.25, -0.2) is 4.79 Å². The van der Waals surface area contributed by atoms with Crippen LogP contribution in [0.4, 0.5) is 10.5 Å². The molecule has 2 rings (SSSR count). The maximum atomic E-state index is 12.3. The highest BCUT2D eigenvalue weighted by Gasteiger charge is 2.38. The molecule has 2 amide bonds. The van der Waals surface area contributed by atoms with Gasteiger partial charge in [-0.05, 0) is 26.2 Å². The number of aryl methyl sites for hydroxylation is 2. The van der Waals surface area contributed by atoms with Crippen LogP contribution in [-0.2, 0) is 18.3 Å². The number of aromatic nitrogens is 2. The van der Waals surface area contributed by atoms with Crippen LogP contribution in [0.1, 0.15) is 32.4 Å². The molecule has 116 valence electrons. The predicted octanol–water partition coefficient (Wildman–Crippen LogP) is 1.70. The molecule has 7 nitrogen and oxygen atoms in total. The Hall–Kier alpha value is -2.05. The molecule has 1 aliphatic rings. The summed E-state index contributed by atoms with van der Waals surface area (Å²) < 4.78 is 1.67. The van der Waals surface area contributed by atoms with Crippen LogP contribution in [0.5, 0.6) is 0 Å². The molecule has 0 bridgehead atoms. The van der Waals surface area contributed by atoms with Gasteiger partial charge in [-0.3, -0.25) is 9.48 Å². The van der Waals surface area contributed by atoms with Gasteiger partial charge in [0.25, 0.3) is 0 Å². The fraction of sp³-hybridized carbons (Fsp3) is 0.643. The Bertz CT molecular complexity index is 544. The Morgan fingerprint density at radius 2 is 2.05 bits per heavy atom. The Labute approximate surface area is 123 Å². The fourth-order valence-electron chi connectivity index (χ4n) is 2.51. The van der Waals surface area contributed by atoms with E-state index < -0.39 is 11.4 Å². The van der Waals surface area contributed by atoms with Crippen LogP contribution in [0.15, 0.2) is 6.20 Å². The molecule has 1 aromatic rings. The minimum atomic E-state index is -0.789. The molecule has 2 heterocycles. The second-order valence-corrected chi connectivity index (χ2v) is 5.80. The number of piperidine rings is 1. The van der Waals surface area contributed by atoms with Gasteiger partial charge in [0.1, 0.15) is 0 Å². The van der Waals surface area contributed by atoms with Gasteiger partial charge in [0, 0.05) is 26.3 Å². The molecule has 0 atom stereocenters. The number of nitrogens with zero attached hydrogens (tertiary/aromatic N) is 3. The van der Waals surface area contributed by atoms with Crippen molar-refractivity contribution in [2.75, 3.05) is 18.4 Å². The van der Waals surface area contributed by atoms with E-state index in [1.54, 1.807) is 22.7 Å². The first kappa shape index (κ1) is 15.3. The number of urea groups is 1. The van der Waals surface area contributed by atoms with Gasteiger partial charge >= 0.3 is 12.0 Å². The Balaban J connectivity index is 1.98. The van der Waals surface area contributed by atoms with E-state index in [-0.39, 0.29) is 6.03 Å². The molecule has 0 aromatic carbocycles. The molecular weight excluding hydrogens is 272 g/mol. The molecule has 1 aromatic heterocycles. The average Bonchev–Trinajstić information content (AvgIpc) is 2.79. The molecule has 7 heteroatoms. The summed E-state index contributed by atoms with van der Waals surface area (Å²) in [5.41, 5.74) is 0.842. The van der Waals surface area contributed by atoms with Crippen LogP contribution in [0.2, 0.25) is 0 Å². The van der Waals surface area contributed by atoms with E-state index in [0.29, 0.717) is 25.9 Å². The molecule has 1 saturated heterocycles. The number of carbonyl (C=O) groups is 2. The molecule has 2 N–H and O–H groups in total. The van der Waals surface area contributed by atoms with E-state index in [0.717, 1.165) is 17.8 Å². The standard InChI is InChI=1S/C14H22N4O3/c1-4-10-11(9-17(3)16-10)15-13(21)18-7-5-14(2,6-8-18)12(19)20/h9H,4-8H2,1-3H3,(H,15,21)(H,19,20). The first-order valence-electron chi connectivity index (χ1n) is 7.17. The highest BCUT2D eigenvalue weighted by Crippen LogP contribution is 2.31. The van der Waals surface area contributed by atoms with Gasteiger partial charge in [0.05, 0.1) is 16.8 Å². The second-order valence-electron chi connectivity index (χ2n) is 5.80. The van der Waals surface area contributed by atoms with Crippen LogP contribution in [-0.4, -0.2) is 44.9 Å². The topological polar surface area (TPSA) is 87.5 Å². The number of carbonyl (C=O) groups excluding carboxylic acids is 1. The Morgan fingerprint density at radius 3 is 2.57 bits per heavy atom. The van der Waals surface area contributed by atoms with E-state index in [9.17, 15) is 14.7 Å². The monoisotopic (exact) mass is 294 g/mol. The summed E-state index contributed by atoms with van der Waals surface area (Å²) in [6.07, 6.45) is 3.47. The minimum Gasteiger partial charge on any atom is -0.481 e.